The van der Waals surface area contributed by atoms with E-state index < -0.39 is 5.54 Å². The van der Waals surface area contributed by atoms with Gasteiger partial charge in [-0.25, -0.2) is 14.4 Å². The molecule has 7 heteroatoms. The van der Waals surface area contributed by atoms with Crippen LogP contribution in [0.2, 0.25) is 0 Å². The van der Waals surface area contributed by atoms with E-state index in [2.05, 4.69) is 15.0 Å². The Morgan fingerprint density at radius 2 is 2.11 bits per heavy atom. The first kappa shape index (κ1) is 18.8. The van der Waals surface area contributed by atoms with E-state index in [9.17, 15) is 9.18 Å². The van der Waals surface area contributed by atoms with Gasteiger partial charge in [0.05, 0.1) is 11.9 Å². The summed E-state index contributed by atoms with van der Waals surface area (Å²) in [6.07, 6.45) is 6.04. The molecule has 2 aliphatic rings. The van der Waals surface area contributed by atoms with Gasteiger partial charge >= 0.3 is 0 Å². The molecule has 1 aliphatic heterocycles. The first-order chi connectivity index (χ1) is 13.4. The number of carbonyl (C=O) groups is 1. The van der Waals surface area contributed by atoms with Crippen LogP contribution >= 0.6 is 11.8 Å². The van der Waals surface area contributed by atoms with E-state index in [1.807, 2.05) is 13.8 Å². The predicted molar refractivity (Wildman–Crippen MR) is 109 cm³/mol. The largest absolute Gasteiger partial charge is 0.378 e. The van der Waals surface area contributed by atoms with Crippen molar-refractivity contribution in [2.45, 2.75) is 45.1 Å². The zero-order valence-corrected chi connectivity index (χ0v) is 16.6. The van der Waals surface area contributed by atoms with Gasteiger partial charge in [-0.05, 0) is 61.3 Å². The molecule has 1 aliphatic carbocycles. The third-order valence-electron chi connectivity index (χ3n) is 5.30. The summed E-state index contributed by atoms with van der Waals surface area (Å²) in [5.74, 6) is -0.491. The summed E-state index contributed by atoms with van der Waals surface area (Å²) in [4.78, 5) is 26.6. The maximum atomic E-state index is 14.8. The second-order valence-electron chi connectivity index (χ2n) is 7.34. The van der Waals surface area contributed by atoms with Crippen LogP contribution in [0.3, 0.4) is 0 Å². The van der Waals surface area contributed by atoms with Crippen molar-refractivity contribution < 1.29 is 9.18 Å². The highest BCUT2D eigenvalue weighted by Crippen LogP contribution is 2.50. The number of Topliss-reactive ketones (excluding diaryl/α,β-unsaturated/α-hetero) is 1. The molecule has 0 saturated heterocycles. The van der Waals surface area contributed by atoms with Crippen molar-refractivity contribution in [3.8, 4) is 0 Å². The molecule has 1 atom stereocenters. The number of amidine groups is 1. The summed E-state index contributed by atoms with van der Waals surface area (Å²) in [6, 6.07) is 4.79. The Kier molecular flexibility index (Phi) is 4.79. The Morgan fingerprint density at radius 1 is 1.29 bits per heavy atom. The van der Waals surface area contributed by atoms with Crippen LogP contribution in [0.25, 0.3) is 0 Å². The number of aryl methyl sites for hydroxylation is 1. The molecule has 0 saturated carbocycles. The maximum Gasteiger partial charge on any atom is 0.187 e. The fourth-order valence-electron chi connectivity index (χ4n) is 3.87. The van der Waals surface area contributed by atoms with Gasteiger partial charge in [0.1, 0.15) is 17.1 Å². The van der Waals surface area contributed by atoms with Crippen molar-refractivity contribution in [2.24, 2.45) is 10.7 Å². The average Bonchev–Trinajstić information content (AvgIpc) is 3.13. The topological polar surface area (TPSA) is 81.2 Å². The third-order valence-corrected chi connectivity index (χ3v) is 6.30. The van der Waals surface area contributed by atoms with Crippen molar-refractivity contribution in [1.29, 1.82) is 0 Å². The molecule has 1 aromatic carbocycles. The van der Waals surface area contributed by atoms with Crippen molar-refractivity contribution in [3.05, 3.63) is 69.4 Å². The van der Waals surface area contributed by atoms with Gasteiger partial charge in [-0.2, -0.15) is 0 Å². The molecule has 0 fully saturated rings. The van der Waals surface area contributed by atoms with Crippen LogP contribution in [-0.2, 0) is 12.0 Å². The number of halogens is 1. The normalized spacial score (nSPS) is 21.5. The van der Waals surface area contributed by atoms with E-state index in [-0.39, 0.29) is 18.0 Å². The molecule has 2 aromatic rings. The van der Waals surface area contributed by atoms with Gasteiger partial charge in [0, 0.05) is 18.2 Å². The summed E-state index contributed by atoms with van der Waals surface area (Å²) < 4.78 is 14.8. The second kappa shape index (κ2) is 7.13. The summed E-state index contributed by atoms with van der Waals surface area (Å²) in [6.45, 7) is 3.73. The predicted octanol–water partition coefficient (Wildman–Crippen LogP) is 4.06. The number of hydrogen-bond donors (Lipinski definition) is 1. The number of hydrogen-bond acceptors (Lipinski definition) is 6. The number of nitrogens with two attached hydrogens (primary N) is 1. The lowest BCUT2D eigenvalue weighted by Gasteiger charge is -2.33. The molecule has 28 heavy (non-hydrogen) atoms. The Morgan fingerprint density at radius 3 is 2.86 bits per heavy atom. The summed E-state index contributed by atoms with van der Waals surface area (Å²) in [5, 5.41) is 0.457. The lowest BCUT2D eigenvalue weighted by Crippen LogP contribution is -2.30. The van der Waals surface area contributed by atoms with Crippen molar-refractivity contribution >= 4 is 22.7 Å². The summed E-state index contributed by atoms with van der Waals surface area (Å²) in [5.41, 5.74) is 8.60. The van der Waals surface area contributed by atoms with E-state index >= 15 is 0 Å². The van der Waals surface area contributed by atoms with Gasteiger partial charge in [-0.15, -0.1) is 0 Å². The number of rotatable bonds is 4. The maximum absolute atomic E-state index is 14.8. The quantitative estimate of drug-likeness (QED) is 0.788. The minimum Gasteiger partial charge on any atom is -0.378 e. The first-order valence-corrected chi connectivity index (χ1v) is 10.0. The van der Waals surface area contributed by atoms with Crippen molar-refractivity contribution in [2.75, 3.05) is 0 Å². The van der Waals surface area contributed by atoms with Gasteiger partial charge in [0.15, 0.2) is 11.0 Å². The minimum atomic E-state index is -0.825. The molecule has 1 aromatic heterocycles. The van der Waals surface area contributed by atoms with E-state index in [1.54, 1.807) is 18.3 Å². The molecule has 0 radical (unpaired) electrons. The summed E-state index contributed by atoms with van der Waals surface area (Å²) in [7, 11) is 0. The third kappa shape index (κ3) is 3.35. The zero-order valence-electron chi connectivity index (χ0n) is 15.8. The van der Waals surface area contributed by atoms with Crippen LogP contribution in [0.5, 0.6) is 0 Å². The molecule has 5 nitrogen and oxygen atoms in total. The van der Waals surface area contributed by atoms with Gasteiger partial charge < -0.3 is 5.73 Å². The molecule has 0 spiro atoms. The number of nitrogens with zero attached hydrogens (tertiary/aromatic N) is 3. The van der Waals surface area contributed by atoms with Gasteiger partial charge in [0.25, 0.3) is 0 Å². The van der Waals surface area contributed by atoms with Gasteiger partial charge in [-0.3, -0.25) is 9.78 Å². The van der Waals surface area contributed by atoms with E-state index in [0.29, 0.717) is 16.4 Å². The van der Waals surface area contributed by atoms with Crippen LogP contribution < -0.4 is 5.73 Å². The lowest BCUT2D eigenvalue weighted by atomic mass is 9.82. The number of aliphatic imine (C=N–C) groups is 1. The number of benzene rings is 1. The van der Waals surface area contributed by atoms with Crippen molar-refractivity contribution in [1.82, 2.24) is 9.97 Å². The Balaban J connectivity index is 1.68. The second-order valence-corrected chi connectivity index (χ2v) is 8.45. The fourth-order valence-corrected chi connectivity index (χ4v) is 5.02. The molecule has 2 N–H and O–H groups in total. The van der Waals surface area contributed by atoms with E-state index in [0.717, 1.165) is 36.1 Å². The highest BCUT2D eigenvalue weighted by atomic mass is 32.2. The zero-order chi connectivity index (χ0) is 19.9. The number of aromatic nitrogens is 2. The number of ketones is 1. The SMILES string of the molecule is Cc1cnc(C(=O)Cc2ccc(F)c([C@@]3(C)N=C(N)SC4=C3CCC4)c2)cn1. The standard InChI is InChI=1S/C21H21FN4OS/c1-12-10-25-17(11-24-12)18(27)9-13-6-7-16(22)15(8-13)21(2)14-4-3-5-19(14)28-20(23)26-21/h6-8,10-11H,3-5,9H2,1-2H3,(H2,23,26)/t21-/m0/s1. The molecular weight excluding hydrogens is 375 g/mol. The monoisotopic (exact) mass is 396 g/mol. The fraction of sp³-hybridized carbons (Fsp3) is 0.333. The first-order valence-electron chi connectivity index (χ1n) is 9.23. The molecule has 0 unspecified atom stereocenters. The molecule has 4 rings (SSSR count). The summed E-state index contributed by atoms with van der Waals surface area (Å²) >= 11 is 1.49. The molecule has 2 heterocycles. The smallest absolute Gasteiger partial charge is 0.187 e. The van der Waals surface area contributed by atoms with Crippen LogP contribution in [-0.4, -0.2) is 20.9 Å². The molecule has 0 bridgehead atoms. The average molecular weight is 396 g/mol. The lowest BCUT2D eigenvalue weighted by molar-refractivity contribution is 0.0987. The number of thioether (sulfide) groups is 1. The number of carbonyl (C=O) groups excluding carboxylic acids is 1. The molecule has 0 amide bonds. The van der Waals surface area contributed by atoms with E-state index in [1.165, 1.54) is 28.9 Å². The van der Waals surface area contributed by atoms with E-state index in [4.69, 9.17) is 5.73 Å². The van der Waals surface area contributed by atoms with Crippen LogP contribution in [0.4, 0.5) is 4.39 Å². The molecular formula is C21H21FN4OS. The van der Waals surface area contributed by atoms with Crippen molar-refractivity contribution in [3.63, 3.8) is 0 Å². The molecule has 144 valence electrons. The highest BCUT2D eigenvalue weighted by molar-refractivity contribution is 8.17. The highest BCUT2D eigenvalue weighted by Gasteiger charge is 2.40. The van der Waals surface area contributed by atoms with Gasteiger partial charge in [0.2, 0.25) is 0 Å². The Labute approximate surface area is 167 Å². The van der Waals surface area contributed by atoms with Crippen LogP contribution in [0.15, 0.2) is 46.1 Å². The Hall–Kier alpha value is -2.54. The Bertz CT molecular complexity index is 1020. The number of allylic oxidation sites excluding steroid dienone is 1. The van der Waals surface area contributed by atoms with Crippen LogP contribution in [0, 0.1) is 12.7 Å². The van der Waals surface area contributed by atoms with Crippen LogP contribution in [0.1, 0.15) is 53.5 Å². The minimum absolute atomic E-state index is 0.126. The van der Waals surface area contributed by atoms with Gasteiger partial charge in [-0.1, -0.05) is 17.8 Å².